The van der Waals surface area contributed by atoms with Gasteiger partial charge < -0.3 is 5.11 Å². The zero-order valence-electron chi connectivity index (χ0n) is 15.3. The topological polar surface area (TPSA) is 63.1 Å². The summed E-state index contributed by atoms with van der Waals surface area (Å²) in [5, 5.41) is 10.9. The van der Waals surface area contributed by atoms with Crippen LogP contribution in [0.3, 0.4) is 0 Å². The Balaban J connectivity index is 1.72. The van der Waals surface area contributed by atoms with Gasteiger partial charge in [0.15, 0.2) is 0 Å². The van der Waals surface area contributed by atoms with Crippen LogP contribution in [-0.4, -0.2) is 26.8 Å². The van der Waals surface area contributed by atoms with E-state index < -0.39 is 5.97 Å². The first-order valence-electron chi connectivity index (χ1n) is 9.34. The summed E-state index contributed by atoms with van der Waals surface area (Å²) in [6, 6.07) is 6.88. The number of aromatic nitrogens is 2. The number of fused-ring (bicyclic) bond motifs is 2. The van der Waals surface area contributed by atoms with Crippen LogP contribution in [-0.2, 0) is 17.6 Å². The molecule has 4 nitrogen and oxygen atoms in total. The Morgan fingerprint density at radius 1 is 1.22 bits per heavy atom. The molecule has 27 heavy (non-hydrogen) atoms. The minimum Gasteiger partial charge on any atom is -0.481 e. The van der Waals surface area contributed by atoms with Gasteiger partial charge in [0.1, 0.15) is 16.2 Å². The van der Waals surface area contributed by atoms with Gasteiger partial charge in [-0.25, -0.2) is 9.97 Å². The third-order valence-electron chi connectivity index (χ3n) is 5.04. The lowest BCUT2D eigenvalue weighted by atomic mass is 9.89. The predicted molar refractivity (Wildman–Crippen MR) is 112 cm³/mol. The van der Waals surface area contributed by atoms with Gasteiger partial charge in [-0.05, 0) is 55.7 Å². The van der Waals surface area contributed by atoms with Gasteiger partial charge in [-0.1, -0.05) is 18.2 Å². The molecule has 4 rings (SSSR count). The van der Waals surface area contributed by atoms with Crippen LogP contribution in [0.4, 0.5) is 0 Å². The standard InChI is InChI=1S/C21H22N2O2S2/c1-13-18(16-9-8-14-5-2-3-6-15(14)11-16)19-20(22-12-23-21(19)27-13)26-10-4-7-17(24)25/h8-9,11-12H,2-7,10H2,1H3,(H,24,25). The van der Waals surface area contributed by atoms with Gasteiger partial charge in [-0.3, -0.25) is 4.79 Å². The van der Waals surface area contributed by atoms with Gasteiger partial charge in [-0.15, -0.1) is 23.1 Å². The summed E-state index contributed by atoms with van der Waals surface area (Å²) in [5.74, 6) is 0.00118. The van der Waals surface area contributed by atoms with E-state index in [4.69, 9.17) is 5.11 Å². The van der Waals surface area contributed by atoms with Gasteiger partial charge in [0.25, 0.3) is 0 Å². The number of benzene rings is 1. The molecule has 2 aromatic heterocycles. The van der Waals surface area contributed by atoms with Crippen molar-refractivity contribution in [2.45, 2.75) is 50.5 Å². The first-order chi connectivity index (χ1) is 13.1. The van der Waals surface area contributed by atoms with Crippen LogP contribution in [0.25, 0.3) is 21.3 Å². The lowest BCUT2D eigenvalue weighted by molar-refractivity contribution is -0.137. The largest absolute Gasteiger partial charge is 0.481 e. The summed E-state index contributed by atoms with van der Waals surface area (Å²) in [6.07, 6.45) is 7.37. The second-order valence-electron chi connectivity index (χ2n) is 6.93. The lowest BCUT2D eigenvalue weighted by Gasteiger charge is -2.17. The fourth-order valence-electron chi connectivity index (χ4n) is 3.76. The van der Waals surface area contributed by atoms with Crippen molar-refractivity contribution in [3.63, 3.8) is 0 Å². The van der Waals surface area contributed by atoms with Crippen LogP contribution in [0, 0.1) is 6.92 Å². The van der Waals surface area contributed by atoms with Gasteiger partial charge in [0.05, 0.1) is 5.39 Å². The number of nitrogens with zero attached hydrogens (tertiary/aromatic N) is 2. The van der Waals surface area contributed by atoms with Crippen molar-refractivity contribution < 1.29 is 9.90 Å². The molecule has 3 aromatic rings. The predicted octanol–water partition coefficient (Wildman–Crippen LogP) is 5.50. The number of rotatable bonds is 6. The third-order valence-corrected chi connectivity index (χ3v) is 7.13. The summed E-state index contributed by atoms with van der Waals surface area (Å²) in [6.45, 7) is 2.15. The van der Waals surface area contributed by atoms with Gasteiger partial charge in [-0.2, -0.15) is 0 Å². The summed E-state index contributed by atoms with van der Waals surface area (Å²) in [5.41, 5.74) is 5.46. The molecule has 1 aliphatic rings. The Morgan fingerprint density at radius 3 is 2.85 bits per heavy atom. The Morgan fingerprint density at radius 2 is 2.04 bits per heavy atom. The van der Waals surface area contributed by atoms with E-state index in [9.17, 15) is 4.79 Å². The first-order valence-corrected chi connectivity index (χ1v) is 11.1. The second kappa shape index (κ2) is 7.98. The van der Waals surface area contributed by atoms with Gasteiger partial charge in [0.2, 0.25) is 0 Å². The summed E-state index contributed by atoms with van der Waals surface area (Å²) in [7, 11) is 0. The molecule has 0 saturated carbocycles. The minimum absolute atomic E-state index is 0.196. The molecular weight excluding hydrogens is 376 g/mol. The summed E-state index contributed by atoms with van der Waals surface area (Å²) in [4.78, 5) is 22.0. The van der Waals surface area contributed by atoms with Crippen LogP contribution < -0.4 is 0 Å². The van der Waals surface area contributed by atoms with E-state index in [0.29, 0.717) is 6.42 Å². The summed E-state index contributed by atoms with van der Waals surface area (Å²) >= 11 is 3.35. The van der Waals surface area contributed by atoms with Crippen molar-refractivity contribution in [1.82, 2.24) is 9.97 Å². The lowest BCUT2D eigenvalue weighted by Crippen LogP contribution is -2.02. The molecule has 1 N–H and O–H groups in total. The molecule has 140 valence electrons. The number of carboxylic acids is 1. The van der Waals surface area contributed by atoms with E-state index in [1.165, 1.54) is 46.4 Å². The van der Waals surface area contributed by atoms with Crippen molar-refractivity contribution in [2.24, 2.45) is 0 Å². The SMILES string of the molecule is Cc1sc2ncnc(SCCCC(=O)O)c2c1-c1ccc2c(c1)CCCC2. The van der Waals surface area contributed by atoms with Gasteiger partial charge in [0, 0.05) is 22.6 Å². The minimum atomic E-state index is -0.746. The number of hydrogen-bond donors (Lipinski definition) is 1. The molecule has 0 fully saturated rings. The highest BCUT2D eigenvalue weighted by molar-refractivity contribution is 7.99. The molecular formula is C21H22N2O2S2. The molecule has 0 amide bonds. The first kappa shape index (κ1) is 18.4. The second-order valence-corrected chi connectivity index (χ2v) is 9.22. The Hall–Kier alpha value is -1.92. The molecule has 0 aliphatic heterocycles. The average molecular weight is 399 g/mol. The fraction of sp³-hybridized carbons (Fsp3) is 0.381. The smallest absolute Gasteiger partial charge is 0.303 e. The van der Waals surface area contributed by atoms with E-state index in [1.807, 2.05) is 0 Å². The fourth-order valence-corrected chi connectivity index (χ4v) is 5.78. The average Bonchev–Trinajstić information content (AvgIpc) is 3.01. The van der Waals surface area contributed by atoms with Crippen molar-refractivity contribution >= 4 is 39.3 Å². The van der Waals surface area contributed by atoms with E-state index in [0.717, 1.165) is 27.4 Å². The van der Waals surface area contributed by atoms with E-state index >= 15 is 0 Å². The number of thiophene rings is 1. The van der Waals surface area contributed by atoms with Gasteiger partial charge >= 0.3 is 5.97 Å². The van der Waals surface area contributed by atoms with Crippen molar-refractivity contribution in [1.29, 1.82) is 0 Å². The quantitative estimate of drug-likeness (QED) is 0.337. The van der Waals surface area contributed by atoms with Crippen molar-refractivity contribution in [3.05, 3.63) is 40.5 Å². The van der Waals surface area contributed by atoms with Crippen LogP contribution in [0.15, 0.2) is 29.6 Å². The molecule has 0 bridgehead atoms. The Labute approximate surface area is 167 Å². The normalized spacial score (nSPS) is 13.7. The molecule has 6 heteroatoms. The van der Waals surface area contributed by atoms with Crippen LogP contribution in [0.5, 0.6) is 0 Å². The molecule has 0 atom stereocenters. The molecule has 0 radical (unpaired) electrons. The molecule has 2 heterocycles. The maximum Gasteiger partial charge on any atom is 0.303 e. The highest BCUT2D eigenvalue weighted by atomic mass is 32.2. The van der Waals surface area contributed by atoms with E-state index in [2.05, 4.69) is 35.1 Å². The molecule has 1 aromatic carbocycles. The van der Waals surface area contributed by atoms with Crippen LogP contribution in [0.2, 0.25) is 0 Å². The molecule has 0 saturated heterocycles. The Bertz CT molecular complexity index is 997. The monoisotopic (exact) mass is 398 g/mol. The number of aryl methyl sites for hydroxylation is 3. The third kappa shape index (κ3) is 3.87. The highest BCUT2D eigenvalue weighted by Gasteiger charge is 2.18. The Kier molecular flexibility index (Phi) is 5.45. The van der Waals surface area contributed by atoms with Crippen LogP contribution >= 0.6 is 23.1 Å². The highest BCUT2D eigenvalue weighted by Crippen LogP contribution is 2.42. The maximum atomic E-state index is 10.7. The number of thioether (sulfide) groups is 1. The zero-order chi connectivity index (χ0) is 18.8. The van der Waals surface area contributed by atoms with Crippen molar-refractivity contribution in [3.8, 4) is 11.1 Å². The van der Waals surface area contributed by atoms with Crippen LogP contribution in [0.1, 0.15) is 41.7 Å². The molecule has 0 spiro atoms. The molecule has 0 unspecified atom stereocenters. The van der Waals surface area contributed by atoms with E-state index in [-0.39, 0.29) is 6.42 Å². The number of carboxylic acid groups (broad SMARTS) is 1. The maximum absolute atomic E-state index is 10.7. The number of hydrogen-bond acceptors (Lipinski definition) is 5. The summed E-state index contributed by atoms with van der Waals surface area (Å²) < 4.78 is 0. The van der Waals surface area contributed by atoms with Crippen molar-refractivity contribution in [2.75, 3.05) is 5.75 Å². The number of carbonyl (C=O) groups is 1. The van der Waals surface area contributed by atoms with E-state index in [1.54, 1.807) is 29.4 Å². The molecule has 1 aliphatic carbocycles. The zero-order valence-corrected chi connectivity index (χ0v) is 17.0. The number of aliphatic carboxylic acids is 1.